The zero-order chi connectivity index (χ0) is 17.3. The maximum Gasteiger partial charge on any atom is 0.254 e. The van der Waals surface area contributed by atoms with Gasteiger partial charge in [-0.1, -0.05) is 11.6 Å². The van der Waals surface area contributed by atoms with E-state index >= 15 is 0 Å². The van der Waals surface area contributed by atoms with E-state index in [0.717, 1.165) is 17.1 Å². The molecule has 126 valence electrons. The fourth-order valence-electron chi connectivity index (χ4n) is 3.05. The van der Waals surface area contributed by atoms with Crippen LogP contribution in [-0.4, -0.2) is 30.6 Å². The van der Waals surface area contributed by atoms with Crippen LogP contribution in [0.2, 0.25) is 5.02 Å². The maximum absolute atomic E-state index is 13.0. The van der Waals surface area contributed by atoms with Crippen LogP contribution in [0.25, 0.3) is 0 Å². The van der Waals surface area contributed by atoms with Crippen molar-refractivity contribution in [2.45, 2.75) is 25.9 Å². The Bertz CT molecular complexity index is 745. The third-order valence-electron chi connectivity index (χ3n) is 4.36. The SMILES string of the molecule is COc1ccc2c(c1)[C@H](C)N(C(=O)c1ccc(Cl)cc1)[C@H](C)CO2. The summed E-state index contributed by atoms with van der Waals surface area (Å²) in [6.45, 7) is 4.45. The Labute approximate surface area is 146 Å². The molecule has 0 N–H and O–H groups in total. The van der Waals surface area contributed by atoms with Crippen LogP contribution in [0.4, 0.5) is 0 Å². The summed E-state index contributed by atoms with van der Waals surface area (Å²) in [5.74, 6) is 1.50. The van der Waals surface area contributed by atoms with Gasteiger partial charge in [-0.25, -0.2) is 0 Å². The van der Waals surface area contributed by atoms with Crippen LogP contribution in [0.15, 0.2) is 42.5 Å². The van der Waals surface area contributed by atoms with E-state index in [0.29, 0.717) is 17.2 Å². The van der Waals surface area contributed by atoms with Gasteiger partial charge >= 0.3 is 0 Å². The molecule has 0 saturated heterocycles. The van der Waals surface area contributed by atoms with Crippen LogP contribution in [0.1, 0.15) is 35.8 Å². The van der Waals surface area contributed by atoms with Crippen molar-refractivity contribution in [2.75, 3.05) is 13.7 Å². The van der Waals surface area contributed by atoms with Crippen molar-refractivity contribution in [3.8, 4) is 11.5 Å². The Morgan fingerprint density at radius 3 is 2.58 bits per heavy atom. The molecular weight excluding hydrogens is 326 g/mol. The Kier molecular flexibility index (Phi) is 4.67. The second-order valence-electron chi connectivity index (χ2n) is 5.96. The first-order chi connectivity index (χ1) is 11.5. The van der Waals surface area contributed by atoms with Crippen molar-refractivity contribution in [1.82, 2.24) is 4.90 Å². The number of methoxy groups -OCH3 is 1. The van der Waals surface area contributed by atoms with Crippen LogP contribution in [0.5, 0.6) is 11.5 Å². The molecule has 0 aromatic heterocycles. The topological polar surface area (TPSA) is 38.8 Å². The van der Waals surface area contributed by atoms with E-state index in [1.165, 1.54) is 0 Å². The van der Waals surface area contributed by atoms with E-state index in [4.69, 9.17) is 21.1 Å². The number of hydrogen-bond acceptors (Lipinski definition) is 3. The predicted molar refractivity (Wildman–Crippen MR) is 94.0 cm³/mol. The van der Waals surface area contributed by atoms with Gasteiger partial charge in [-0.15, -0.1) is 0 Å². The van der Waals surface area contributed by atoms with Gasteiger partial charge in [0.15, 0.2) is 0 Å². The summed E-state index contributed by atoms with van der Waals surface area (Å²) in [6, 6.07) is 12.5. The quantitative estimate of drug-likeness (QED) is 0.813. The summed E-state index contributed by atoms with van der Waals surface area (Å²) >= 11 is 5.93. The molecule has 0 unspecified atom stereocenters. The van der Waals surface area contributed by atoms with Crippen molar-refractivity contribution in [3.05, 3.63) is 58.6 Å². The lowest BCUT2D eigenvalue weighted by molar-refractivity contribution is 0.0575. The molecular formula is C19H20ClNO3. The number of nitrogens with zero attached hydrogens (tertiary/aromatic N) is 1. The zero-order valence-electron chi connectivity index (χ0n) is 14.0. The highest BCUT2D eigenvalue weighted by Gasteiger charge is 2.32. The highest BCUT2D eigenvalue weighted by atomic mass is 35.5. The monoisotopic (exact) mass is 345 g/mol. The summed E-state index contributed by atoms with van der Waals surface area (Å²) < 4.78 is 11.2. The number of hydrogen-bond donors (Lipinski definition) is 0. The van der Waals surface area contributed by atoms with E-state index in [2.05, 4.69) is 0 Å². The Balaban J connectivity index is 1.99. The minimum absolute atomic E-state index is 0.0362. The summed E-state index contributed by atoms with van der Waals surface area (Å²) in [5.41, 5.74) is 1.56. The number of fused-ring (bicyclic) bond motifs is 1. The number of halogens is 1. The molecule has 0 radical (unpaired) electrons. The Hall–Kier alpha value is -2.20. The molecule has 4 nitrogen and oxygen atoms in total. The van der Waals surface area contributed by atoms with Gasteiger partial charge in [0.25, 0.3) is 5.91 Å². The normalized spacial score (nSPS) is 19.9. The summed E-state index contributed by atoms with van der Waals surface area (Å²) in [4.78, 5) is 14.9. The zero-order valence-corrected chi connectivity index (χ0v) is 14.7. The van der Waals surface area contributed by atoms with Gasteiger partial charge in [0.2, 0.25) is 0 Å². The molecule has 0 saturated carbocycles. The van der Waals surface area contributed by atoms with Gasteiger partial charge in [-0.05, 0) is 56.3 Å². The Morgan fingerprint density at radius 1 is 1.21 bits per heavy atom. The largest absolute Gasteiger partial charge is 0.497 e. The second-order valence-corrected chi connectivity index (χ2v) is 6.40. The molecule has 5 heteroatoms. The van der Waals surface area contributed by atoms with Gasteiger partial charge in [0, 0.05) is 16.1 Å². The third kappa shape index (κ3) is 3.06. The number of ether oxygens (including phenoxy) is 2. The lowest BCUT2D eigenvalue weighted by Gasteiger charge is -2.32. The smallest absolute Gasteiger partial charge is 0.254 e. The molecule has 1 aliphatic rings. The minimum atomic E-state index is -0.129. The molecule has 24 heavy (non-hydrogen) atoms. The van der Waals surface area contributed by atoms with Crippen LogP contribution in [0.3, 0.4) is 0 Å². The summed E-state index contributed by atoms with van der Waals surface area (Å²) in [6.07, 6.45) is 0. The summed E-state index contributed by atoms with van der Waals surface area (Å²) in [5, 5.41) is 0.613. The van der Waals surface area contributed by atoms with Crippen LogP contribution in [-0.2, 0) is 0 Å². The first kappa shape index (κ1) is 16.7. The van der Waals surface area contributed by atoms with Gasteiger partial charge in [-0.3, -0.25) is 4.79 Å². The van der Waals surface area contributed by atoms with E-state index in [1.807, 2.05) is 36.9 Å². The first-order valence-corrected chi connectivity index (χ1v) is 8.28. The predicted octanol–water partition coefficient (Wildman–Crippen LogP) is 4.33. The standard InChI is InChI=1S/C19H20ClNO3/c1-12-11-24-18-9-8-16(23-3)10-17(18)13(2)21(12)19(22)14-4-6-15(20)7-5-14/h4-10,12-13H,11H2,1-3H3/t12-,13+/m1/s1. The summed E-state index contributed by atoms with van der Waals surface area (Å²) in [7, 11) is 1.63. The van der Waals surface area contributed by atoms with Crippen LogP contribution >= 0.6 is 11.6 Å². The van der Waals surface area contributed by atoms with Crippen LogP contribution in [0, 0.1) is 0 Å². The molecule has 0 spiro atoms. The molecule has 1 amide bonds. The molecule has 1 aliphatic heterocycles. The highest BCUT2D eigenvalue weighted by molar-refractivity contribution is 6.30. The average molecular weight is 346 g/mol. The highest BCUT2D eigenvalue weighted by Crippen LogP contribution is 2.37. The van der Waals surface area contributed by atoms with Crippen molar-refractivity contribution >= 4 is 17.5 Å². The van der Waals surface area contributed by atoms with Crippen molar-refractivity contribution in [1.29, 1.82) is 0 Å². The molecule has 3 rings (SSSR count). The number of benzene rings is 2. The number of amides is 1. The molecule has 0 bridgehead atoms. The van der Waals surface area contributed by atoms with Gasteiger partial charge in [0.05, 0.1) is 19.2 Å². The first-order valence-electron chi connectivity index (χ1n) is 7.90. The van der Waals surface area contributed by atoms with E-state index in [1.54, 1.807) is 31.4 Å². The van der Waals surface area contributed by atoms with Gasteiger partial charge < -0.3 is 14.4 Å². The van der Waals surface area contributed by atoms with E-state index in [9.17, 15) is 4.79 Å². The third-order valence-corrected chi connectivity index (χ3v) is 4.62. The number of carbonyl (C=O) groups is 1. The molecule has 2 atom stereocenters. The lowest BCUT2D eigenvalue weighted by Crippen LogP contribution is -2.41. The van der Waals surface area contributed by atoms with Gasteiger partial charge in [0.1, 0.15) is 18.1 Å². The fraction of sp³-hybridized carbons (Fsp3) is 0.316. The van der Waals surface area contributed by atoms with Crippen molar-refractivity contribution in [3.63, 3.8) is 0 Å². The van der Waals surface area contributed by atoms with E-state index in [-0.39, 0.29) is 18.0 Å². The lowest BCUT2D eigenvalue weighted by atomic mass is 10.0. The molecule has 2 aromatic rings. The fourth-order valence-corrected chi connectivity index (χ4v) is 3.18. The Morgan fingerprint density at radius 2 is 1.92 bits per heavy atom. The minimum Gasteiger partial charge on any atom is -0.497 e. The molecule has 1 heterocycles. The molecule has 2 aromatic carbocycles. The maximum atomic E-state index is 13.0. The van der Waals surface area contributed by atoms with Gasteiger partial charge in [-0.2, -0.15) is 0 Å². The average Bonchev–Trinajstić information content (AvgIpc) is 2.71. The number of rotatable bonds is 2. The van der Waals surface area contributed by atoms with Crippen molar-refractivity contribution < 1.29 is 14.3 Å². The number of carbonyl (C=O) groups excluding carboxylic acids is 1. The second kappa shape index (κ2) is 6.73. The molecule has 0 fully saturated rings. The van der Waals surface area contributed by atoms with Crippen LogP contribution < -0.4 is 9.47 Å². The molecule has 0 aliphatic carbocycles. The van der Waals surface area contributed by atoms with Crippen molar-refractivity contribution in [2.24, 2.45) is 0 Å². The van der Waals surface area contributed by atoms with E-state index < -0.39 is 0 Å².